The average Bonchev–Trinajstić information content (AvgIpc) is 3.08. The highest BCUT2D eigenvalue weighted by Crippen LogP contribution is 2.34. The van der Waals surface area contributed by atoms with Crippen LogP contribution in [0.15, 0.2) is 78.0 Å². The van der Waals surface area contributed by atoms with Crippen molar-refractivity contribution in [3.63, 3.8) is 0 Å². The number of alkyl halides is 3. The van der Waals surface area contributed by atoms with Gasteiger partial charge in [0.1, 0.15) is 11.4 Å². The van der Waals surface area contributed by atoms with Crippen molar-refractivity contribution in [1.82, 2.24) is 25.2 Å². The predicted molar refractivity (Wildman–Crippen MR) is 181 cm³/mol. The van der Waals surface area contributed by atoms with Crippen LogP contribution in [-0.2, 0) is 33.9 Å². The van der Waals surface area contributed by atoms with E-state index in [0.29, 0.717) is 36.2 Å². The molecule has 2 fully saturated rings. The molecule has 13 nitrogen and oxygen atoms in total. The van der Waals surface area contributed by atoms with Crippen LogP contribution in [-0.4, -0.2) is 79.2 Å². The first-order chi connectivity index (χ1) is 23.8. The zero-order valence-corrected chi connectivity index (χ0v) is 27.8. The Morgan fingerprint density at radius 2 is 1.64 bits per heavy atom. The minimum atomic E-state index is -4.71. The highest BCUT2D eigenvalue weighted by Gasteiger charge is 2.35. The second kappa shape index (κ2) is 14.3. The van der Waals surface area contributed by atoms with Gasteiger partial charge in [0, 0.05) is 76.1 Å². The van der Waals surface area contributed by atoms with E-state index >= 15 is 0 Å². The summed E-state index contributed by atoms with van der Waals surface area (Å²) in [5.74, 6) is -0.761. The molecule has 0 atom stereocenters. The number of rotatable bonds is 10. The van der Waals surface area contributed by atoms with Gasteiger partial charge in [-0.25, -0.2) is 18.2 Å². The Balaban J connectivity index is 1.03. The third kappa shape index (κ3) is 8.46. The lowest BCUT2D eigenvalue weighted by molar-refractivity contribution is -0.137. The molecule has 262 valence electrons. The fourth-order valence-electron chi connectivity index (χ4n) is 5.61. The van der Waals surface area contributed by atoms with Crippen LogP contribution in [0.2, 0.25) is 0 Å². The zero-order chi connectivity index (χ0) is 35.5. The van der Waals surface area contributed by atoms with Crippen molar-refractivity contribution in [1.29, 1.82) is 0 Å². The Hall–Kier alpha value is -5.29. The van der Waals surface area contributed by atoms with Gasteiger partial charge in [-0.1, -0.05) is 12.1 Å². The summed E-state index contributed by atoms with van der Waals surface area (Å²) in [6.45, 7) is 4.03. The molecule has 2 aromatic carbocycles. The van der Waals surface area contributed by atoms with Gasteiger partial charge in [0.05, 0.1) is 22.5 Å². The average molecular weight is 710 g/mol. The van der Waals surface area contributed by atoms with E-state index in [4.69, 9.17) is 0 Å². The lowest BCUT2D eigenvalue weighted by Crippen LogP contribution is -2.49. The Kier molecular flexibility index (Phi) is 9.88. The minimum Gasteiger partial charge on any atom is -0.369 e. The third-order valence-corrected chi connectivity index (χ3v) is 9.41. The van der Waals surface area contributed by atoms with Crippen molar-refractivity contribution in [3.05, 3.63) is 89.9 Å². The van der Waals surface area contributed by atoms with Crippen LogP contribution in [0.1, 0.15) is 23.2 Å². The largest absolute Gasteiger partial charge is 0.421 e. The summed E-state index contributed by atoms with van der Waals surface area (Å²) in [4.78, 5) is 42.1. The SMILES string of the molecule is CS(=O)(=O)c1cccc(CNc2nc(Nc3ccc(N4CCN(Cc5ccc(N6CCC(=O)NC6=O)cn5)CC4)cc3)ncc2C(F)(F)F)c1. The van der Waals surface area contributed by atoms with Crippen molar-refractivity contribution in [3.8, 4) is 0 Å². The molecular weight excluding hydrogens is 675 g/mol. The molecule has 0 spiro atoms. The van der Waals surface area contributed by atoms with Crippen molar-refractivity contribution in [2.45, 2.75) is 30.6 Å². The topological polar surface area (TPSA) is 153 Å². The molecule has 17 heteroatoms. The Labute approximate surface area is 286 Å². The quantitative estimate of drug-likeness (QED) is 0.215. The molecule has 4 aromatic rings. The smallest absolute Gasteiger partial charge is 0.369 e. The van der Waals surface area contributed by atoms with Crippen molar-refractivity contribution in [2.24, 2.45) is 0 Å². The standard InChI is InChI=1S/C33H34F3N9O4S/c1-50(48,49)27-4-2-3-22(17-27)18-38-30-28(33(34,35)36)20-39-31(42-30)40-23-5-8-25(9-6-23)44-15-13-43(14-16-44)21-24-7-10-26(19-37-24)45-12-11-29(46)41-32(45)47/h2-10,17,19-20H,11-16,18,21H2,1H3,(H,41,46,47)(H2,38,39,40,42). The summed E-state index contributed by atoms with van der Waals surface area (Å²) >= 11 is 0. The van der Waals surface area contributed by atoms with E-state index in [1.807, 2.05) is 24.3 Å². The van der Waals surface area contributed by atoms with Crippen molar-refractivity contribution in [2.75, 3.05) is 59.4 Å². The number of amides is 3. The van der Waals surface area contributed by atoms with Gasteiger partial charge in [0.15, 0.2) is 9.84 Å². The Morgan fingerprint density at radius 3 is 2.30 bits per heavy atom. The van der Waals surface area contributed by atoms with Crippen molar-refractivity contribution < 1.29 is 31.2 Å². The van der Waals surface area contributed by atoms with E-state index < -0.39 is 33.4 Å². The minimum absolute atomic E-state index is 0.0392. The van der Waals surface area contributed by atoms with Crippen LogP contribution in [0.25, 0.3) is 0 Å². The van der Waals surface area contributed by atoms with Crippen molar-refractivity contribution >= 4 is 50.6 Å². The van der Waals surface area contributed by atoms with Crippen LogP contribution < -0.4 is 25.8 Å². The van der Waals surface area contributed by atoms with Gasteiger partial charge in [-0.2, -0.15) is 18.2 Å². The maximum atomic E-state index is 13.8. The highest BCUT2D eigenvalue weighted by atomic mass is 32.2. The van der Waals surface area contributed by atoms with Gasteiger partial charge >= 0.3 is 12.2 Å². The molecule has 3 amide bonds. The molecule has 0 unspecified atom stereocenters. The first-order valence-corrected chi connectivity index (χ1v) is 17.6. The number of carbonyl (C=O) groups excluding carboxylic acids is 2. The number of nitrogens with one attached hydrogen (secondary N) is 3. The Bertz CT molecular complexity index is 1970. The van der Waals surface area contributed by atoms with E-state index in [-0.39, 0.29) is 29.7 Å². The second-order valence-electron chi connectivity index (χ2n) is 11.9. The van der Waals surface area contributed by atoms with Gasteiger partial charge in [0.2, 0.25) is 11.9 Å². The van der Waals surface area contributed by atoms with Crippen LogP contribution >= 0.6 is 0 Å². The summed E-state index contributed by atoms with van der Waals surface area (Å²) in [7, 11) is -3.48. The number of urea groups is 1. The molecule has 2 saturated heterocycles. The van der Waals surface area contributed by atoms with E-state index in [2.05, 4.69) is 40.7 Å². The summed E-state index contributed by atoms with van der Waals surface area (Å²) in [5, 5.41) is 7.95. The molecular formula is C33H34F3N9O4S. The molecule has 2 aliphatic rings. The number of nitrogens with zero attached hydrogens (tertiary/aromatic N) is 6. The number of pyridine rings is 1. The monoisotopic (exact) mass is 709 g/mol. The number of sulfone groups is 1. The number of hydrogen-bond donors (Lipinski definition) is 3. The molecule has 0 radical (unpaired) electrons. The first-order valence-electron chi connectivity index (χ1n) is 15.7. The van der Waals surface area contributed by atoms with Crippen LogP contribution in [0.3, 0.4) is 0 Å². The van der Waals surface area contributed by atoms with Gasteiger partial charge in [-0.3, -0.25) is 24.9 Å². The number of benzene rings is 2. The Morgan fingerprint density at radius 1 is 0.900 bits per heavy atom. The number of anilines is 5. The van der Waals surface area contributed by atoms with Crippen LogP contribution in [0, 0.1) is 0 Å². The number of hydrogen-bond acceptors (Lipinski definition) is 11. The lowest BCUT2D eigenvalue weighted by Gasteiger charge is -2.36. The molecule has 0 bridgehead atoms. The number of aromatic nitrogens is 3. The molecule has 2 aromatic heterocycles. The van der Waals surface area contributed by atoms with Crippen LogP contribution in [0.4, 0.5) is 46.8 Å². The van der Waals surface area contributed by atoms with Gasteiger partial charge in [0.25, 0.3) is 0 Å². The molecule has 50 heavy (non-hydrogen) atoms. The summed E-state index contributed by atoms with van der Waals surface area (Å²) in [6.07, 6.45) is -1.05. The number of imide groups is 1. The lowest BCUT2D eigenvalue weighted by atomic mass is 10.2. The maximum absolute atomic E-state index is 13.8. The molecule has 0 aliphatic carbocycles. The van der Waals surface area contributed by atoms with Gasteiger partial charge in [-0.15, -0.1) is 0 Å². The van der Waals surface area contributed by atoms with Gasteiger partial charge < -0.3 is 15.5 Å². The normalized spacial score (nSPS) is 15.9. The fraction of sp³-hybridized carbons (Fsp3) is 0.303. The molecule has 4 heterocycles. The number of piperazine rings is 1. The number of halogens is 3. The summed E-state index contributed by atoms with van der Waals surface area (Å²) in [5.41, 5.74) is 2.51. The predicted octanol–water partition coefficient (Wildman–Crippen LogP) is 4.42. The van der Waals surface area contributed by atoms with E-state index in [1.54, 1.807) is 24.4 Å². The molecule has 0 saturated carbocycles. The molecule has 3 N–H and O–H groups in total. The summed E-state index contributed by atoms with van der Waals surface area (Å²) in [6, 6.07) is 16.7. The fourth-order valence-corrected chi connectivity index (χ4v) is 6.31. The molecule has 6 rings (SSSR count). The van der Waals surface area contributed by atoms with E-state index in [0.717, 1.165) is 43.8 Å². The van der Waals surface area contributed by atoms with E-state index in [9.17, 15) is 31.2 Å². The maximum Gasteiger partial charge on any atom is 0.421 e. The van der Waals surface area contributed by atoms with Gasteiger partial charge in [-0.05, 0) is 54.1 Å². The second-order valence-corrected chi connectivity index (χ2v) is 13.9. The third-order valence-electron chi connectivity index (χ3n) is 8.30. The van der Waals surface area contributed by atoms with Crippen LogP contribution in [0.5, 0.6) is 0 Å². The zero-order valence-electron chi connectivity index (χ0n) is 26.9. The highest BCUT2D eigenvalue weighted by molar-refractivity contribution is 7.90. The summed E-state index contributed by atoms with van der Waals surface area (Å²) < 4.78 is 65.0. The number of carbonyl (C=O) groups is 2. The molecule has 2 aliphatic heterocycles. The first kappa shape index (κ1) is 34.6. The van der Waals surface area contributed by atoms with E-state index in [1.165, 1.54) is 23.1 Å².